The third-order valence-electron chi connectivity index (χ3n) is 3.16. The van der Waals surface area contributed by atoms with Gasteiger partial charge in [-0.15, -0.1) is 0 Å². The average Bonchev–Trinajstić information content (AvgIpc) is 2.46. The predicted molar refractivity (Wildman–Crippen MR) is 80.6 cm³/mol. The fourth-order valence-electron chi connectivity index (χ4n) is 2.02. The van der Waals surface area contributed by atoms with Crippen LogP contribution >= 0.6 is 11.6 Å². The number of halogens is 2. The molecule has 0 bridgehead atoms. The molecular formula is C15H11ClFN3O. The highest BCUT2D eigenvalue weighted by atomic mass is 35.5. The Kier molecular flexibility index (Phi) is 3.35. The van der Waals surface area contributed by atoms with E-state index in [9.17, 15) is 9.50 Å². The van der Waals surface area contributed by atoms with Gasteiger partial charge in [0.1, 0.15) is 17.9 Å². The Morgan fingerprint density at radius 2 is 2.05 bits per heavy atom. The Labute approximate surface area is 125 Å². The Balaban J connectivity index is 2.12. The third kappa shape index (κ3) is 2.48. The summed E-state index contributed by atoms with van der Waals surface area (Å²) >= 11 is 5.76. The fraction of sp³-hybridized carbons (Fsp3) is 0.0667. The molecule has 0 aliphatic carbocycles. The van der Waals surface area contributed by atoms with Crippen LogP contribution < -0.4 is 5.32 Å². The highest BCUT2D eigenvalue weighted by Crippen LogP contribution is 2.30. The molecule has 106 valence electrons. The summed E-state index contributed by atoms with van der Waals surface area (Å²) in [6, 6.07) is 7.96. The second-order valence-corrected chi connectivity index (χ2v) is 5.01. The van der Waals surface area contributed by atoms with E-state index in [4.69, 9.17) is 11.6 Å². The number of fused-ring (bicyclic) bond motifs is 1. The molecule has 3 aromatic rings. The number of aromatic hydroxyl groups is 1. The molecule has 0 atom stereocenters. The van der Waals surface area contributed by atoms with Crippen molar-refractivity contribution < 1.29 is 9.50 Å². The summed E-state index contributed by atoms with van der Waals surface area (Å²) in [6.07, 6.45) is 1.38. The number of phenolic OH excluding ortho intramolecular Hbond substituents is 1. The summed E-state index contributed by atoms with van der Waals surface area (Å²) in [5.41, 5.74) is 1.58. The molecule has 0 aliphatic heterocycles. The Morgan fingerprint density at radius 1 is 1.24 bits per heavy atom. The highest BCUT2D eigenvalue weighted by Gasteiger charge is 2.11. The molecule has 0 fully saturated rings. The van der Waals surface area contributed by atoms with Crippen LogP contribution in [-0.4, -0.2) is 15.1 Å². The minimum atomic E-state index is -0.553. The molecular weight excluding hydrogens is 293 g/mol. The van der Waals surface area contributed by atoms with E-state index in [1.54, 1.807) is 31.2 Å². The van der Waals surface area contributed by atoms with Crippen LogP contribution in [0.25, 0.3) is 10.9 Å². The maximum Gasteiger partial charge on any atom is 0.165 e. The Morgan fingerprint density at radius 3 is 2.86 bits per heavy atom. The van der Waals surface area contributed by atoms with Gasteiger partial charge in [-0.25, -0.2) is 14.4 Å². The molecule has 6 heteroatoms. The first-order valence-corrected chi connectivity index (χ1v) is 6.59. The lowest BCUT2D eigenvalue weighted by atomic mass is 10.1. The van der Waals surface area contributed by atoms with Crippen LogP contribution in [0, 0.1) is 12.7 Å². The second kappa shape index (κ2) is 5.18. The van der Waals surface area contributed by atoms with Gasteiger partial charge in [0.05, 0.1) is 16.2 Å². The van der Waals surface area contributed by atoms with E-state index in [2.05, 4.69) is 15.3 Å². The SMILES string of the molecule is Cc1cc2ncnc(Nc3cccc(Cl)c3F)c2cc1O. The van der Waals surface area contributed by atoms with E-state index in [-0.39, 0.29) is 16.5 Å². The number of hydrogen-bond acceptors (Lipinski definition) is 4. The number of phenols is 1. The summed E-state index contributed by atoms with van der Waals surface area (Å²) in [5.74, 6) is -0.0226. The van der Waals surface area contributed by atoms with Gasteiger partial charge in [-0.3, -0.25) is 0 Å². The van der Waals surface area contributed by atoms with Gasteiger partial charge in [0.2, 0.25) is 0 Å². The number of aromatic nitrogens is 2. The van der Waals surface area contributed by atoms with Gasteiger partial charge in [-0.2, -0.15) is 0 Å². The molecule has 4 nitrogen and oxygen atoms in total. The van der Waals surface area contributed by atoms with Gasteiger partial charge >= 0.3 is 0 Å². The van der Waals surface area contributed by atoms with Gasteiger partial charge in [-0.05, 0) is 36.8 Å². The van der Waals surface area contributed by atoms with Crippen molar-refractivity contribution in [2.45, 2.75) is 6.92 Å². The Bertz CT molecular complexity index is 839. The van der Waals surface area contributed by atoms with Crippen LogP contribution in [0.2, 0.25) is 5.02 Å². The first-order valence-electron chi connectivity index (χ1n) is 6.21. The van der Waals surface area contributed by atoms with E-state index >= 15 is 0 Å². The number of nitrogens with one attached hydrogen (secondary N) is 1. The average molecular weight is 304 g/mol. The number of nitrogens with zero attached hydrogens (tertiary/aromatic N) is 2. The summed E-state index contributed by atoms with van der Waals surface area (Å²) in [6.45, 7) is 1.78. The standard InChI is InChI=1S/C15H11ClFN3O/c1-8-5-12-9(6-13(8)21)15(19-7-18-12)20-11-4-2-3-10(16)14(11)17/h2-7,21H,1H3,(H,18,19,20). The van der Waals surface area contributed by atoms with Crippen molar-refractivity contribution >= 4 is 34.0 Å². The quantitative estimate of drug-likeness (QED) is 0.745. The largest absolute Gasteiger partial charge is 0.508 e. The van der Waals surface area contributed by atoms with Crippen molar-refractivity contribution in [2.75, 3.05) is 5.32 Å². The fourth-order valence-corrected chi connectivity index (χ4v) is 2.20. The van der Waals surface area contributed by atoms with E-state index in [0.717, 1.165) is 0 Å². The van der Waals surface area contributed by atoms with Crippen LogP contribution in [0.15, 0.2) is 36.7 Å². The third-order valence-corrected chi connectivity index (χ3v) is 3.45. The molecule has 0 spiro atoms. The molecule has 3 rings (SSSR count). The number of hydrogen-bond donors (Lipinski definition) is 2. The molecule has 0 saturated heterocycles. The summed E-state index contributed by atoms with van der Waals surface area (Å²) in [5, 5.41) is 13.3. The zero-order valence-electron chi connectivity index (χ0n) is 11.1. The zero-order chi connectivity index (χ0) is 15.0. The van der Waals surface area contributed by atoms with Crippen LogP contribution in [0.1, 0.15) is 5.56 Å². The molecule has 0 saturated carbocycles. The molecule has 1 heterocycles. The maximum atomic E-state index is 13.9. The molecule has 0 radical (unpaired) electrons. The molecule has 0 amide bonds. The molecule has 0 unspecified atom stereocenters. The molecule has 21 heavy (non-hydrogen) atoms. The van der Waals surface area contributed by atoms with Crippen molar-refractivity contribution in [1.82, 2.24) is 9.97 Å². The minimum absolute atomic E-state index is 0.0250. The van der Waals surface area contributed by atoms with Crippen LogP contribution in [-0.2, 0) is 0 Å². The van der Waals surface area contributed by atoms with Crippen molar-refractivity contribution in [3.63, 3.8) is 0 Å². The van der Waals surface area contributed by atoms with Gasteiger partial charge in [0.15, 0.2) is 5.82 Å². The number of aryl methyl sites for hydroxylation is 1. The first kappa shape index (κ1) is 13.6. The van der Waals surface area contributed by atoms with Gasteiger partial charge in [0, 0.05) is 5.39 Å². The van der Waals surface area contributed by atoms with E-state index in [1.165, 1.54) is 12.4 Å². The van der Waals surface area contributed by atoms with Crippen LogP contribution in [0.5, 0.6) is 5.75 Å². The molecule has 2 aromatic carbocycles. The van der Waals surface area contributed by atoms with Gasteiger partial charge in [-0.1, -0.05) is 17.7 Å². The lowest BCUT2D eigenvalue weighted by molar-refractivity contribution is 0.472. The molecule has 0 aliphatic rings. The lowest BCUT2D eigenvalue weighted by Gasteiger charge is -2.10. The maximum absolute atomic E-state index is 13.9. The summed E-state index contributed by atoms with van der Waals surface area (Å²) in [7, 11) is 0. The number of benzene rings is 2. The topological polar surface area (TPSA) is 58.0 Å². The molecule has 2 N–H and O–H groups in total. The van der Waals surface area contributed by atoms with Crippen molar-refractivity contribution in [3.05, 3.63) is 53.1 Å². The van der Waals surface area contributed by atoms with Crippen LogP contribution in [0.3, 0.4) is 0 Å². The number of rotatable bonds is 2. The molecule has 1 aromatic heterocycles. The van der Waals surface area contributed by atoms with Crippen molar-refractivity contribution in [1.29, 1.82) is 0 Å². The predicted octanol–water partition coefficient (Wildman–Crippen LogP) is 4.18. The van der Waals surface area contributed by atoms with E-state index in [1.807, 2.05) is 0 Å². The van der Waals surface area contributed by atoms with Gasteiger partial charge < -0.3 is 10.4 Å². The first-order chi connectivity index (χ1) is 10.1. The monoisotopic (exact) mass is 303 g/mol. The second-order valence-electron chi connectivity index (χ2n) is 4.60. The summed E-state index contributed by atoms with van der Waals surface area (Å²) < 4.78 is 13.9. The highest BCUT2D eigenvalue weighted by molar-refractivity contribution is 6.31. The summed E-state index contributed by atoms with van der Waals surface area (Å²) in [4.78, 5) is 8.24. The van der Waals surface area contributed by atoms with Crippen molar-refractivity contribution in [2.24, 2.45) is 0 Å². The number of anilines is 2. The van der Waals surface area contributed by atoms with Crippen molar-refractivity contribution in [3.8, 4) is 5.75 Å². The zero-order valence-corrected chi connectivity index (χ0v) is 11.8. The van der Waals surface area contributed by atoms with E-state index < -0.39 is 5.82 Å². The van der Waals surface area contributed by atoms with E-state index in [0.29, 0.717) is 22.3 Å². The van der Waals surface area contributed by atoms with Crippen LogP contribution in [0.4, 0.5) is 15.9 Å². The smallest absolute Gasteiger partial charge is 0.165 e. The minimum Gasteiger partial charge on any atom is -0.508 e. The Hall–Kier alpha value is -2.40. The lowest BCUT2D eigenvalue weighted by Crippen LogP contribution is -1.98. The normalized spacial score (nSPS) is 10.8. The van der Waals surface area contributed by atoms with Gasteiger partial charge in [0.25, 0.3) is 0 Å².